The molecule has 2 aliphatic rings. The van der Waals surface area contributed by atoms with Gasteiger partial charge in [0.05, 0.1) is 0 Å². The van der Waals surface area contributed by atoms with Gasteiger partial charge >= 0.3 is 0 Å². The first-order chi connectivity index (χ1) is 8.16. The van der Waals surface area contributed by atoms with Gasteiger partial charge in [0.25, 0.3) is 0 Å². The van der Waals surface area contributed by atoms with Gasteiger partial charge in [-0.15, -0.1) is 0 Å². The van der Waals surface area contributed by atoms with Crippen LogP contribution in [0.3, 0.4) is 0 Å². The molecule has 0 aromatic heterocycles. The average molecular weight is 238 g/mol. The van der Waals surface area contributed by atoms with Gasteiger partial charge < -0.3 is 11.1 Å². The lowest BCUT2D eigenvalue weighted by molar-refractivity contribution is -0.127. The third kappa shape index (κ3) is 3.44. The summed E-state index contributed by atoms with van der Waals surface area (Å²) in [5, 5.41) is 3.26. The van der Waals surface area contributed by atoms with Crippen molar-refractivity contribution in [2.75, 3.05) is 0 Å². The van der Waals surface area contributed by atoms with Crippen LogP contribution < -0.4 is 11.1 Å². The summed E-state index contributed by atoms with van der Waals surface area (Å²) in [4.78, 5) is 12.2. The molecule has 0 saturated heterocycles. The van der Waals surface area contributed by atoms with Crippen molar-refractivity contribution in [2.24, 2.45) is 17.6 Å². The van der Waals surface area contributed by atoms with Crippen molar-refractivity contribution >= 4 is 5.91 Å². The molecule has 4 unspecified atom stereocenters. The number of hydrogen-bond acceptors (Lipinski definition) is 2. The summed E-state index contributed by atoms with van der Waals surface area (Å²) in [5.41, 5.74) is 5.94. The van der Waals surface area contributed by atoms with Crippen molar-refractivity contribution in [3.8, 4) is 0 Å². The highest BCUT2D eigenvalue weighted by atomic mass is 16.1. The van der Waals surface area contributed by atoms with E-state index in [1.165, 1.54) is 19.3 Å². The second kappa shape index (κ2) is 5.85. The molecule has 2 aliphatic carbocycles. The van der Waals surface area contributed by atoms with Crippen LogP contribution in [0.1, 0.15) is 58.3 Å². The highest BCUT2D eigenvalue weighted by molar-refractivity contribution is 5.79. The van der Waals surface area contributed by atoms with E-state index in [0.29, 0.717) is 12.0 Å². The summed E-state index contributed by atoms with van der Waals surface area (Å²) in [6.45, 7) is 2.26. The minimum Gasteiger partial charge on any atom is -0.353 e. The Labute approximate surface area is 105 Å². The van der Waals surface area contributed by atoms with Gasteiger partial charge in [0.15, 0.2) is 0 Å². The minimum absolute atomic E-state index is 0.174. The third-order valence-electron chi connectivity index (χ3n) is 4.52. The van der Waals surface area contributed by atoms with E-state index in [1.54, 1.807) is 0 Å². The van der Waals surface area contributed by atoms with Crippen LogP contribution in [0.5, 0.6) is 0 Å². The molecule has 2 saturated carbocycles. The van der Waals surface area contributed by atoms with Gasteiger partial charge in [0, 0.05) is 18.0 Å². The van der Waals surface area contributed by atoms with E-state index < -0.39 is 0 Å². The van der Waals surface area contributed by atoms with Crippen LogP contribution in [0.25, 0.3) is 0 Å². The summed E-state index contributed by atoms with van der Waals surface area (Å²) >= 11 is 0. The first-order valence-electron chi connectivity index (χ1n) is 7.22. The molecule has 0 aromatic rings. The van der Waals surface area contributed by atoms with Gasteiger partial charge in [-0.05, 0) is 38.0 Å². The number of amides is 1. The Morgan fingerprint density at radius 3 is 2.59 bits per heavy atom. The van der Waals surface area contributed by atoms with Gasteiger partial charge in [0.2, 0.25) is 5.91 Å². The van der Waals surface area contributed by atoms with Gasteiger partial charge in [-0.3, -0.25) is 4.79 Å². The second-order valence-corrected chi connectivity index (χ2v) is 6.00. The molecule has 3 nitrogen and oxygen atoms in total. The Morgan fingerprint density at radius 2 is 1.88 bits per heavy atom. The molecule has 3 N–H and O–H groups in total. The number of carbonyl (C=O) groups excluding carboxylic acids is 1. The number of carbonyl (C=O) groups is 1. The summed E-state index contributed by atoms with van der Waals surface area (Å²) in [5.74, 6) is 1.08. The molecule has 0 aromatic carbocycles. The highest BCUT2D eigenvalue weighted by Crippen LogP contribution is 2.26. The fourth-order valence-electron chi connectivity index (χ4n) is 3.30. The molecule has 0 heterocycles. The van der Waals surface area contributed by atoms with Crippen molar-refractivity contribution in [1.29, 1.82) is 0 Å². The third-order valence-corrected chi connectivity index (χ3v) is 4.52. The van der Waals surface area contributed by atoms with Crippen molar-refractivity contribution in [3.63, 3.8) is 0 Å². The molecular formula is C14H26N2O. The van der Waals surface area contributed by atoms with Crippen LogP contribution in [-0.2, 0) is 4.79 Å². The number of nitrogens with one attached hydrogen (secondary N) is 1. The Balaban J connectivity index is 1.83. The number of hydrogen-bond donors (Lipinski definition) is 2. The zero-order valence-corrected chi connectivity index (χ0v) is 11.0. The number of rotatable bonds is 2. The molecule has 1 amide bonds. The quantitative estimate of drug-likeness (QED) is 0.775. The van der Waals surface area contributed by atoms with Crippen LogP contribution in [0.2, 0.25) is 0 Å². The van der Waals surface area contributed by atoms with Crippen LogP contribution in [0.4, 0.5) is 0 Å². The van der Waals surface area contributed by atoms with E-state index in [2.05, 4.69) is 12.2 Å². The SMILES string of the molecule is CC1CCCCC1NC(=O)C1CCCC(N)C1. The zero-order valence-electron chi connectivity index (χ0n) is 11.0. The maximum atomic E-state index is 12.2. The van der Waals surface area contributed by atoms with E-state index in [1.807, 2.05) is 0 Å². The van der Waals surface area contributed by atoms with Crippen molar-refractivity contribution < 1.29 is 4.79 Å². The van der Waals surface area contributed by atoms with Crippen molar-refractivity contribution in [2.45, 2.75) is 70.4 Å². The molecule has 4 atom stereocenters. The lowest BCUT2D eigenvalue weighted by Gasteiger charge is -2.32. The molecule has 0 bridgehead atoms. The molecule has 17 heavy (non-hydrogen) atoms. The Bertz CT molecular complexity index is 267. The van der Waals surface area contributed by atoms with Crippen molar-refractivity contribution in [1.82, 2.24) is 5.32 Å². The van der Waals surface area contributed by atoms with Crippen LogP contribution >= 0.6 is 0 Å². The van der Waals surface area contributed by atoms with E-state index in [4.69, 9.17) is 5.73 Å². The molecule has 2 fully saturated rings. The standard InChI is InChI=1S/C14H26N2O/c1-10-5-2-3-8-13(10)16-14(17)11-6-4-7-12(15)9-11/h10-13H,2-9,15H2,1H3,(H,16,17). The maximum absolute atomic E-state index is 12.2. The Kier molecular flexibility index (Phi) is 4.43. The monoisotopic (exact) mass is 238 g/mol. The van der Waals surface area contributed by atoms with E-state index in [-0.39, 0.29) is 17.9 Å². The minimum atomic E-state index is 0.174. The highest BCUT2D eigenvalue weighted by Gasteiger charge is 2.29. The summed E-state index contributed by atoms with van der Waals surface area (Å²) < 4.78 is 0. The van der Waals surface area contributed by atoms with Gasteiger partial charge in [-0.2, -0.15) is 0 Å². The molecule has 98 valence electrons. The Hall–Kier alpha value is -0.570. The molecular weight excluding hydrogens is 212 g/mol. The maximum Gasteiger partial charge on any atom is 0.223 e. The van der Waals surface area contributed by atoms with Gasteiger partial charge in [0.1, 0.15) is 0 Å². The van der Waals surface area contributed by atoms with Crippen molar-refractivity contribution in [3.05, 3.63) is 0 Å². The van der Waals surface area contributed by atoms with Crippen LogP contribution in [0.15, 0.2) is 0 Å². The second-order valence-electron chi connectivity index (χ2n) is 6.00. The summed E-state index contributed by atoms with van der Waals surface area (Å²) in [6.07, 6.45) is 9.11. The molecule has 3 heteroatoms. The summed E-state index contributed by atoms with van der Waals surface area (Å²) in [7, 11) is 0. The molecule has 0 aliphatic heterocycles. The molecule has 2 rings (SSSR count). The lowest BCUT2D eigenvalue weighted by Crippen LogP contribution is -2.45. The number of nitrogens with two attached hydrogens (primary N) is 1. The largest absolute Gasteiger partial charge is 0.353 e. The van der Waals surface area contributed by atoms with Gasteiger partial charge in [-0.1, -0.05) is 26.2 Å². The zero-order chi connectivity index (χ0) is 12.3. The van der Waals surface area contributed by atoms with Gasteiger partial charge in [-0.25, -0.2) is 0 Å². The average Bonchev–Trinajstić information content (AvgIpc) is 2.32. The van der Waals surface area contributed by atoms with E-state index in [9.17, 15) is 4.79 Å². The lowest BCUT2D eigenvalue weighted by atomic mass is 9.83. The normalized spacial score (nSPS) is 38.7. The van der Waals surface area contributed by atoms with E-state index in [0.717, 1.165) is 32.1 Å². The van der Waals surface area contributed by atoms with Crippen LogP contribution in [0, 0.1) is 11.8 Å². The first-order valence-corrected chi connectivity index (χ1v) is 7.22. The Morgan fingerprint density at radius 1 is 1.12 bits per heavy atom. The molecule has 0 radical (unpaired) electrons. The smallest absolute Gasteiger partial charge is 0.223 e. The summed E-state index contributed by atoms with van der Waals surface area (Å²) in [6, 6.07) is 0.651. The molecule has 0 spiro atoms. The first kappa shape index (κ1) is 12.9. The van der Waals surface area contributed by atoms with Crippen LogP contribution in [-0.4, -0.2) is 18.0 Å². The predicted molar refractivity (Wildman–Crippen MR) is 69.5 cm³/mol. The fourth-order valence-corrected chi connectivity index (χ4v) is 3.30. The fraction of sp³-hybridized carbons (Fsp3) is 0.929. The topological polar surface area (TPSA) is 55.1 Å². The predicted octanol–water partition coefficient (Wildman–Crippen LogP) is 2.20. The van der Waals surface area contributed by atoms with E-state index >= 15 is 0 Å².